The Morgan fingerprint density at radius 3 is 3.00 bits per heavy atom. The zero-order valence-corrected chi connectivity index (χ0v) is 15.2. The van der Waals surface area contributed by atoms with E-state index in [1.807, 2.05) is 12.3 Å². The van der Waals surface area contributed by atoms with Gasteiger partial charge in [0.15, 0.2) is 0 Å². The number of nitrogens with zero attached hydrogens (tertiary/aromatic N) is 2. The number of rotatable bonds is 3. The maximum absolute atomic E-state index is 6.20. The van der Waals surface area contributed by atoms with Gasteiger partial charge in [-0.25, -0.2) is 4.98 Å². The van der Waals surface area contributed by atoms with Gasteiger partial charge in [-0.05, 0) is 60.4 Å². The predicted molar refractivity (Wildman–Crippen MR) is 105 cm³/mol. The first-order valence-corrected chi connectivity index (χ1v) is 9.22. The molecule has 2 aliphatic rings. The van der Waals surface area contributed by atoms with Crippen molar-refractivity contribution in [1.82, 2.24) is 10.3 Å². The Morgan fingerprint density at radius 1 is 1.24 bits per heavy atom. The summed E-state index contributed by atoms with van der Waals surface area (Å²) >= 11 is 6.20. The minimum atomic E-state index is 0.794. The second-order valence-electron chi connectivity index (χ2n) is 6.69. The van der Waals surface area contributed by atoms with Crippen LogP contribution in [0.2, 0.25) is 5.02 Å². The summed E-state index contributed by atoms with van der Waals surface area (Å²) in [6.45, 7) is 6.84. The minimum Gasteiger partial charge on any atom is -0.367 e. The Kier molecular flexibility index (Phi) is 4.64. The average molecular weight is 355 g/mol. The van der Waals surface area contributed by atoms with Gasteiger partial charge in [-0.15, -0.1) is 0 Å². The van der Waals surface area contributed by atoms with Gasteiger partial charge in [0.2, 0.25) is 0 Å². The van der Waals surface area contributed by atoms with E-state index in [2.05, 4.69) is 51.7 Å². The molecule has 0 unspecified atom stereocenters. The van der Waals surface area contributed by atoms with Crippen molar-refractivity contribution in [2.24, 2.45) is 0 Å². The molecule has 0 aliphatic carbocycles. The number of aryl methyl sites for hydroxylation is 1. The highest BCUT2D eigenvalue weighted by atomic mass is 35.5. The number of halogens is 1. The van der Waals surface area contributed by atoms with Crippen LogP contribution in [-0.4, -0.2) is 31.2 Å². The van der Waals surface area contributed by atoms with Crippen molar-refractivity contribution >= 4 is 28.7 Å². The van der Waals surface area contributed by atoms with Gasteiger partial charge in [-0.3, -0.25) is 0 Å². The highest BCUT2D eigenvalue weighted by molar-refractivity contribution is 6.30. The van der Waals surface area contributed by atoms with Crippen molar-refractivity contribution < 1.29 is 0 Å². The zero-order valence-electron chi connectivity index (χ0n) is 14.5. The number of pyridine rings is 1. The van der Waals surface area contributed by atoms with Crippen molar-refractivity contribution in [2.75, 3.05) is 36.4 Å². The Balaban J connectivity index is 1.66. The highest BCUT2D eigenvalue weighted by Crippen LogP contribution is 2.32. The molecule has 2 N–H and O–H groups in total. The molecule has 0 radical (unpaired) electrons. The van der Waals surface area contributed by atoms with Gasteiger partial charge in [-0.1, -0.05) is 23.7 Å². The summed E-state index contributed by atoms with van der Waals surface area (Å²) in [5.74, 6) is 0.976. The Bertz CT molecular complexity index is 815. The topological polar surface area (TPSA) is 40.2 Å². The molecule has 0 atom stereocenters. The summed E-state index contributed by atoms with van der Waals surface area (Å²) < 4.78 is 0. The molecule has 4 rings (SSSR count). The summed E-state index contributed by atoms with van der Waals surface area (Å²) in [7, 11) is 0. The third kappa shape index (κ3) is 3.51. The summed E-state index contributed by atoms with van der Waals surface area (Å²) in [5.41, 5.74) is 6.35. The lowest BCUT2D eigenvalue weighted by molar-refractivity contribution is 0.737. The highest BCUT2D eigenvalue weighted by Gasteiger charge is 2.20. The van der Waals surface area contributed by atoms with Crippen molar-refractivity contribution in [2.45, 2.75) is 19.9 Å². The fourth-order valence-electron chi connectivity index (χ4n) is 3.50. The minimum absolute atomic E-state index is 0.794. The molecule has 0 saturated carbocycles. The van der Waals surface area contributed by atoms with Crippen LogP contribution in [0.15, 0.2) is 36.5 Å². The van der Waals surface area contributed by atoms with E-state index >= 15 is 0 Å². The number of benzene rings is 1. The second-order valence-corrected chi connectivity index (χ2v) is 7.13. The maximum Gasteiger partial charge on any atom is 0.149 e. The standard InChI is InChI=1S/C20H23ClN4/c1-14-2-3-18(21)10-17(14)13-25-9-8-23-20-19(25)11-16(12-24-20)15-4-6-22-7-5-15/h2-4,10-12,22H,5-9,13H2,1H3,(H,23,24). The molecular weight excluding hydrogens is 332 g/mol. The van der Waals surface area contributed by atoms with E-state index in [9.17, 15) is 0 Å². The first kappa shape index (κ1) is 16.4. The molecule has 1 aromatic carbocycles. The van der Waals surface area contributed by atoms with Crippen molar-refractivity contribution in [3.05, 3.63) is 58.3 Å². The monoisotopic (exact) mass is 354 g/mol. The molecule has 25 heavy (non-hydrogen) atoms. The smallest absolute Gasteiger partial charge is 0.149 e. The zero-order chi connectivity index (χ0) is 17.2. The van der Waals surface area contributed by atoms with Gasteiger partial charge in [0, 0.05) is 37.4 Å². The quantitative estimate of drug-likeness (QED) is 0.878. The number of aromatic nitrogens is 1. The van der Waals surface area contributed by atoms with Gasteiger partial charge in [0.05, 0.1) is 5.69 Å². The molecule has 2 aliphatic heterocycles. The molecule has 3 heterocycles. The van der Waals surface area contributed by atoms with Gasteiger partial charge in [0.25, 0.3) is 0 Å². The van der Waals surface area contributed by atoms with E-state index in [0.717, 1.165) is 50.0 Å². The van der Waals surface area contributed by atoms with Gasteiger partial charge in [-0.2, -0.15) is 0 Å². The van der Waals surface area contributed by atoms with Gasteiger partial charge in [0.1, 0.15) is 5.82 Å². The lowest BCUT2D eigenvalue weighted by atomic mass is 10.0. The third-order valence-corrected chi connectivity index (χ3v) is 5.22. The molecule has 130 valence electrons. The molecule has 0 bridgehead atoms. The summed E-state index contributed by atoms with van der Waals surface area (Å²) in [5, 5.41) is 7.59. The molecule has 4 nitrogen and oxygen atoms in total. The molecule has 0 spiro atoms. The van der Waals surface area contributed by atoms with Crippen LogP contribution in [0.3, 0.4) is 0 Å². The van der Waals surface area contributed by atoms with Crippen molar-refractivity contribution in [3.63, 3.8) is 0 Å². The van der Waals surface area contributed by atoms with Crippen LogP contribution in [0.4, 0.5) is 11.5 Å². The van der Waals surface area contributed by atoms with Crippen molar-refractivity contribution in [1.29, 1.82) is 0 Å². The summed E-state index contributed by atoms with van der Waals surface area (Å²) in [6.07, 6.45) is 5.33. The van der Waals surface area contributed by atoms with Crippen LogP contribution >= 0.6 is 11.6 Å². The van der Waals surface area contributed by atoms with E-state index in [4.69, 9.17) is 11.6 Å². The van der Waals surface area contributed by atoms with E-state index in [1.54, 1.807) is 0 Å². The average Bonchev–Trinajstić information content (AvgIpc) is 2.65. The first-order chi connectivity index (χ1) is 12.2. The van der Waals surface area contributed by atoms with Crippen LogP contribution in [0.25, 0.3) is 5.57 Å². The molecule has 2 aromatic rings. The number of hydrogen-bond donors (Lipinski definition) is 2. The number of anilines is 2. The largest absolute Gasteiger partial charge is 0.367 e. The Labute approximate surface area is 153 Å². The molecule has 5 heteroatoms. The Hall–Kier alpha value is -2.04. The molecular formula is C20H23ClN4. The van der Waals surface area contributed by atoms with Gasteiger partial charge >= 0.3 is 0 Å². The SMILES string of the molecule is Cc1ccc(Cl)cc1CN1CCNc2ncc(C3=CCNCC3)cc21. The number of hydrogen-bond acceptors (Lipinski definition) is 4. The summed E-state index contributed by atoms with van der Waals surface area (Å²) in [4.78, 5) is 7.09. The van der Waals surface area contributed by atoms with Crippen LogP contribution < -0.4 is 15.5 Å². The van der Waals surface area contributed by atoms with Crippen LogP contribution in [-0.2, 0) is 6.54 Å². The van der Waals surface area contributed by atoms with Crippen LogP contribution in [0.5, 0.6) is 0 Å². The van der Waals surface area contributed by atoms with Crippen LogP contribution in [0.1, 0.15) is 23.1 Å². The molecule has 0 saturated heterocycles. The summed E-state index contributed by atoms with van der Waals surface area (Å²) in [6, 6.07) is 8.40. The fraction of sp³-hybridized carbons (Fsp3) is 0.350. The Morgan fingerprint density at radius 2 is 2.16 bits per heavy atom. The lowest BCUT2D eigenvalue weighted by Gasteiger charge is -2.32. The number of nitrogens with one attached hydrogen (secondary N) is 2. The molecule has 0 amide bonds. The molecule has 1 aromatic heterocycles. The predicted octanol–water partition coefficient (Wildman–Crippen LogP) is 3.85. The van der Waals surface area contributed by atoms with E-state index in [-0.39, 0.29) is 0 Å². The van der Waals surface area contributed by atoms with E-state index in [1.165, 1.54) is 28.0 Å². The van der Waals surface area contributed by atoms with Crippen molar-refractivity contribution in [3.8, 4) is 0 Å². The lowest BCUT2D eigenvalue weighted by Crippen LogP contribution is -2.34. The molecule has 0 fully saturated rings. The van der Waals surface area contributed by atoms with Gasteiger partial charge < -0.3 is 15.5 Å². The maximum atomic E-state index is 6.20. The normalized spacial score (nSPS) is 16.9. The fourth-order valence-corrected chi connectivity index (χ4v) is 3.70. The van der Waals surface area contributed by atoms with E-state index in [0.29, 0.717) is 0 Å². The first-order valence-electron chi connectivity index (χ1n) is 8.85. The second kappa shape index (κ2) is 7.06. The van der Waals surface area contributed by atoms with Crippen LogP contribution in [0, 0.1) is 6.92 Å². The third-order valence-electron chi connectivity index (χ3n) is 4.99. The number of fused-ring (bicyclic) bond motifs is 1. The van der Waals surface area contributed by atoms with E-state index < -0.39 is 0 Å².